The van der Waals surface area contributed by atoms with E-state index < -0.39 is 0 Å². The monoisotopic (exact) mass is 563 g/mol. The molecule has 0 unspecified atom stereocenters. The number of anilines is 1. The van der Waals surface area contributed by atoms with E-state index in [4.69, 9.17) is 43.6 Å². The summed E-state index contributed by atoms with van der Waals surface area (Å²) in [7, 11) is 0. The second kappa shape index (κ2) is 10.6. The van der Waals surface area contributed by atoms with Crippen molar-refractivity contribution in [2.24, 2.45) is 0 Å². The Hall–Kier alpha value is -3.65. The number of rotatable bonds is 3. The van der Waals surface area contributed by atoms with Gasteiger partial charge in [0, 0.05) is 13.1 Å². The topological polar surface area (TPSA) is 81.1 Å². The number of halogens is 3. The lowest BCUT2D eigenvalue weighted by molar-refractivity contribution is 0.607. The maximum Gasteiger partial charge on any atom is 0.249 e. The maximum atomic E-state index is 6.19. The van der Waals surface area contributed by atoms with Crippen LogP contribution in [0, 0.1) is 0 Å². The standard InChI is InChI=1S/C16H14ClN3O.C12H6Cl2N2O/c17-12-6-2-1-5-11(12)15-18-13-7-8-14(19-16(13)21-15)20-9-3-4-10-20;13-8-4-2-1-3-7(8)11-15-9-5-6-10(14)16-12(9)17-11/h1-2,5-8H,3-4,9-10H2;1-6H. The van der Waals surface area contributed by atoms with E-state index in [2.05, 4.69) is 24.8 Å². The van der Waals surface area contributed by atoms with Gasteiger partial charge in [-0.05, 0) is 61.4 Å². The van der Waals surface area contributed by atoms with Crippen LogP contribution in [0.15, 0.2) is 81.6 Å². The number of pyridine rings is 2. The number of fused-ring (bicyclic) bond motifs is 2. The first-order chi connectivity index (χ1) is 18.5. The molecule has 6 aromatic rings. The van der Waals surface area contributed by atoms with Crippen molar-refractivity contribution >= 4 is 63.1 Å². The Bertz CT molecular complexity index is 1740. The predicted octanol–water partition coefficient (Wildman–Crippen LogP) is 8.34. The molecule has 10 heteroatoms. The van der Waals surface area contributed by atoms with Gasteiger partial charge in [0.25, 0.3) is 0 Å². The first-order valence-corrected chi connectivity index (χ1v) is 13.1. The van der Waals surface area contributed by atoms with Crippen LogP contribution in [-0.2, 0) is 0 Å². The van der Waals surface area contributed by atoms with Crippen molar-refractivity contribution in [1.82, 2.24) is 19.9 Å². The molecular formula is C28H20Cl3N5O2. The smallest absolute Gasteiger partial charge is 0.249 e. The number of aromatic nitrogens is 4. The van der Waals surface area contributed by atoms with Gasteiger partial charge in [-0.1, -0.05) is 59.1 Å². The highest BCUT2D eigenvalue weighted by Gasteiger charge is 2.17. The van der Waals surface area contributed by atoms with Crippen molar-refractivity contribution < 1.29 is 8.83 Å². The molecule has 1 fully saturated rings. The number of hydrogen-bond donors (Lipinski definition) is 0. The fourth-order valence-corrected chi connectivity index (χ4v) is 4.80. The zero-order valence-corrected chi connectivity index (χ0v) is 22.2. The molecule has 0 spiro atoms. The van der Waals surface area contributed by atoms with Gasteiger partial charge in [0.05, 0.1) is 21.2 Å². The van der Waals surface area contributed by atoms with Crippen molar-refractivity contribution in [3.63, 3.8) is 0 Å². The van der Waals surface area contributed by atoms with Crippen LogP contribution in [0.5, 0.6) is 0 Å². The molecule has 0 N–H and O–H groups in total. The largest absolute Gasteiger partial charge is 0.418 e. The van der Waals surface area contributed by atoms with Gasteiger partial charge in [0.2, 0.25) is 23.2 Å². The van der Waals surface area contributed by atoms with Crippen molar-refractivity contribution in [2.45, 2.75) is 12.8 Å². The van der Waals surface area contributed by atoms with Crippen molar-refractivity contribution in [1.29, 1.82) is 0 Å². The zero-order valence-electron chi connectivity index (χ0n) is 19.9. The van der Waals surface area contributed by atoms with Crippen LogP contribution in [0.25, 0.3) is 45.4 Å². The van der Waals surface area contributed by atoms with Gasteiger partial charge < -0.3 is 13.7 Å². The highest BCUT2D eigenvalue weighted by Crippen LogP contribution is 2.31. The molecule has 1 saturated heterocycles. The van der Waals surface area contributed by atoms with Gasteiger partial charge >= 0.3 is 0 Å². The molecule has 2 aromatic carbocycles. The van der Waals surface area contributed by atoms with Gasteiger partial charge in [-0.15, -0.1) is 0 Å². The second-order valence-corrected chi connectivity index (χ2v) is 9.85. The highest BCUT2D eigenvalue weighted by molar-refractivity contribution is 6.33. The second-order valence-electron chi connectivity index (χ2n) is 8.64. The summed E-state index contributed by atoms with van der Waals surface area (Å²) in [4.78, 5) is 19.7. The molecule has 7 nitrogen and oxygen atoms in total. The fraction of sp³-hybridized carbons (Fsp3) is 0.143. The lowest BCUT2D eigenvalue weighted by Crippen LogP contribution is -2.18. The normalized spacial score (nSPS) is 13.2. The third kappa shape index (κ3) is 5.05. The molecule has 0 aliphatic carbocycles. The summed E-state index contributed by atoms with van der Waals surface area (Å²) < 4.78 is 11.3. The molecule has 7 rings (SSSR count). The average molecular weight is 565 g/mol. The Morgan fingerprint density at radius 2 is 1.11 bits per heavy atom. The van der Waals surface area contributed by atoms with E-state index in [0.717, 1.165) is 35.6 Å². The van der Waals surface area contributed by atoms with Gasteiger partial charge in [-0.3, -0.25) is 0 Å². The molecule has 0 radical (unpaired) electrons. The Kier molecular flexibility index (Phi) is 6.89. The zero-order chi connectivity index (χ0) is 26.1. The van der Waals surface area contributed by atoms with Crippen molar-refractivity contribution in [3.8, 4) is 22.9 Å². The van der Waals surface area contributed by atoms with E-state index >= 15 is 0 Å². The van der Waals surface area contributed by atoms with E-state index in [0.29, 0.717) is 43.9 Å². The molecule has 190 valence electrons. The molecule has 0 atom stereocenters. The maximum absolute atomic E-state index is 6.19. The van der Waals surface area contributed by atoms with E-state index in [-0.39, 0.29) is 0 Å². The SMILES string of the molecule is Clc1ccc2nc(-c3ccccc3Cl)oc2n1.Clc1ccccc1-c1nc2ccc(N3CCCC3)nc2o1. The minimum Gasteiger partial charge on any atom is -0.418 e. The summed E-state index contributed by atoms with van der Waals surface area (Å²) in [6.07, 6.45) is 2.45. The van der Waals surface area contributed by atoms with Crippen molar-refractivity contribution in [2.75, 3.05) is 18.0 Å². The third-order valence-corrected chi connectivity index (χ3v) is 6.97. The van der Waals surface area contributed by atoms with E-state index in [1.165, 1.54) is 12.8 Å². The summed E-state index contributed by atoms with van der Waals surface area (Å²) in [5, 5.41) is 1.59. The number of hydrogen-bond acceptors (Lipinski definition) is 7. The van der Waals surface area contributed by atoms with Crippen molar-refractivity contribution in [3.05, 3.63) is 88.0 Å². The van der Waals surface area contributed by atoms with E-state index in [1.54, 1.807) is 18.2 Å². The summed E-state index contributed by atoms with van der Waals surface area (Å²) in [6, 6.07) is 22.3. The summed E-state index contributed by atoms with van der Waals surface area (Å²) >= 11 is 18.0. The molecule has 38 heavy (non-hydrogen) atoms. The molecule has 5 heterocycles. The van der Waals surface area contributed by atoms with Gasteiger partial charge in [-0.2, -0.15) is 9.97 Å². The molecule has 1 aliphatic heterocycles. The summed E-state index contributed by atoms with van der Waals surface area (Å²) in [5.41, 5.74) is 3.92. The molecule has 0 saturated carbocycles. The number of benzene rings is 2. The third-order valence-electron chi connectivity index (χ3n) is 6.10. The summed E-state index contributed by atoms with van der Waals surface area (Å²) in [6.45, 7) is 2.12. The van der Waals surface area contributed by atoms with Crippen LogP contribution < -0.4 is 4.90 Å². The minimum atomic E-state index is 0.374. The fourth-order valence-electron chi connectivity index (χ4n) is 4.22. The Morgan fingerprint density at radius 3 is 1.68 bits per heavy atom. The Labute approximate surface area is 233 Å². The average Bonchev–Trinajstić information content (AvgIpc) is 3.68. The number of oxazole rings is 2. The first kappa shape index (κ1) is 24.7. The van der Waals surface area contributed by atoms with Gasteiger partial charge in [0.15, 0.2) is 0 Å². The minimum absolute atomic E-state index is 0.374. The van der Waals surface area contributed by atoms with Crippen LogP contribution in [0.4, 0.5) is 5.82 Å². The first-order valence-electron chi connectivity index (χ1n) is 12.0. The van der Waals surface area contributed by atoms with Crippen LogP contribution in [0.3, 0.4) is 0 Å². The highest BCUT2D eigenvalue weighted by atomic mass is 35.5. The lowest BCUT2D eigenvalue weighted by Gasteiger charge is -2.15. The predicted molar refractivity (Wildman–Crippen MR) is 151 cm³/mol. The van der Waals surface area contributed by atoms with Crippen LogP contribution in [0.2, 0.25) is 15.2 Å². The molecule has 0 amide bonds. The number of nitrogens with zero attached hydrogens (tertiary/aromatic N) is 5. The van der Waals surface area contributed by atoms with Crippen LogP contribution in [-0.4, -0.2) is 33.0 Å². The lowest BCUT2D eigenvalue weighted by atomic mass is 10.2. The quantitative estimate of drug-likeness (QED) is 0.200. The van der Waals surface area contributed by atoms with Gasteiger partial charge in [-0.25, -0.2) is 9.97 Å². The van der Waals surface area contributed by atoms with E-state index in [1.807, 2.05) is 54.6 Å². The summed E-state index contributed by atoms with van der Waals surface area (Å²) in [5.74, 6) is 1.92. The van der Waals surface area contributed by atoms with Crippen LogP contribution in [0.1, 0.15) is 12.8 Å². The van der Waals surface area contributed by atoms with Gasteiger partial charge in [0.1, 0.15) is 22.0 Å². The molecule has 1 aliphatic rings. The van der Waals surface area contributed by atoms with Crippen LogP contribution >= 0.6 is 34.8 Å². The molecule has 4 aromatic heterocycles. The molecular weight excluding hydrogens is 545 g/mol. The Morgan fingerprint density at radius 1 is 0.579 bits per heavy atom. The Balaban J connectivity index is 0.000000142. The van der Waals surface area contributed by atoms with E-state index in [9.17, 15) is 0 Å². The molecule has 0 bridgehead atoms.